The molecule has 0 aromatic heterocycles. The summed E-state index contributed by atoms with van der Waals surface area (Å²) in [6, 6.07) is 11.5. The molecule has 0 spiro atoms. The summed E-state index contributed by atoms with van der Waals surface area (Å²) >= 11 is 0. The Bertz CT molecular complexity index is 976. The molecule has 2 amide bonds. The van der Waals surface area contributed by atoms with E-state index in [0.29, 0.717) is 24.2 Å². The number of nitrogens with one attached hydrogen (secondary N) is 2. The van der Waals surface area contributed by atoms with E-state index in [4.69, 9.17) is 0 Å². The molecule has 0 radical (unpaired) electrons. The minimum Gasteiger partial charge on any atom is -0.508 e. The van der Waals surface area contributed by atoms with Gasteiger partial charge in [0.25, 0.3) is 0 Å². The van der Waals surface area contributed by atoms with E-state index >= 15 is 0 Å². The lowest BCUT2D eigenvalue weighted by atomic mass is 9.61. The van der Waals surface area contributed by atoms with Gasteiger partial charge >= 0.3 is 6.03 Å². The van der Waals surface area contributed by atoms with Gasteiger partial charge in [-0.2, -0.15) is 0 Å². The molecule has 0 bridgehead atoms. The minimum absolute atomic E-state index is 0.133. The van der Waals surface area contributed by atoms with Gasteiger partial charge in [-0.05, 0) is 105 Å². The van der Waals surface area contributed by atoms with Crippen LogP contribution in [0.15, 0.2) is 42.5 Å². The Hall–Kier alpha value is -2.60. The molecule has 2 unspecified atom stereocenters. The zero-order valence-corrected chi connectivity index (χ0v) is 19.9. The predicted octanol–water partition coefficient (Wildman–Crippen LogP) is 5.43. The molecule has 1 saturated heterocycles. The zero-order valence-electron chi connectivity index (χ0n) is 19.9. The second-order valence-electron chi connectivity index (χ2n) is 10.0. The Balaban J connectivity index is 1.49. The Kier molecular flexibility index (Phi) is 6.94. The van der Waals surface area contributed by atoms with Crippen LogP contribution in [-0.4, -0.2) is 41.7 Å². The highest BCUT2D eigenvalue weighted by atomic mass is 19.1. The van der Waals surface area contributed by atoms with E-state index in [1.165, 1.54) is 42.6 Å². The molecule has 2 aliphatic rings. The number of benzene rings is 2. The topological polar surface area (TPSA) is 64.6 Å². The summed E-state index contributed by atoms with van der Waals surface area (Å²) in [5.41, 5.74) is 2.79. The van der Waals surface area contributed by atoms with Gasteiger partial charge in [-0.3, -0.25) is 0 Å². The van der Waals surface area contributed by atoms with Gasteiger partial charge in [0.05, 0.1) is 0 Å². The highest BCUT2D eigenvalue weighted by Crippen LogP contribution is 2.47. The summed E-state index contributed by atoms with van der Waals surface area (Å²) in [7, 11) is 0. The summed E-state index contributed by atoms with van der Waals surface area (Å²) in [5.74, 6) is 1.18. The van der Waals surface area contributed by atoms with E-state index in [0.717, 1.165) is 25.3 Å². The van der Waals surface area contributed by atoms with Crippen LogP contribution in [0.2, 0.25) is 0 Å². The van der Waals surface area contributed by atoms with Gasteiger partial charge in [0.2, 0.25) is 0 Å². The van der Waals surface area contributed by atoms with Crippen molar-refractivity contribution in [2.45, 2.75) is 57.9 Å². The summed E-state index contributed by atoms with van der Waals surface area (Å²) in [5, 5.41) is 16.1. The number of likely N-dealkylation sites (tertiary alicyclic amines) is 1. The van der Waals surface area contributed by atoms with E-state index in [2.05, 4.69) is 36.3 Å². The molecule has 2 aromatic carbocycles. The van der Waals surface area contributed by atoms with Gasteiger partial charge in [0, 0.05) is 30.2 Å². The number of halogens is 1. The molecule has 5 nitrogen and oxygen atoms in total. The SMILES string of the molecule is Cc1ccc(O)cc1C1(CCNC(=O)Nc2ccc(F)cc2)CCN(CC2CC2)C(C)[C@@H]1C. The Morgan fingerprint density at radius 2 is 1.91 bits per heavy atom. The van der Waals surface area contributed by atoms with Crippen molar-refractivity contribution in [1.82, 2.24) is 10.2 Å². The van der Waals surface area contributed by atoms with E-state index in [1.807, 2.05) is 12.1 Å². The summed E-state index contributed by atoms with van der Waals surface area (Å²) in [4.78, 5) is 15.1. The van der Waals surface area contributed by atoms with Gasteiger partial charge < -0.3 is 20.6 Å². The van der Waals surface area contributed by atoms with Crippen LogP contribution in [0, 0.1) is 24.6 Å². The second kappa shape index (κ2) is 9.72. The van der Waals surface area contributed by atoms with Gasteiger partial charge in [0.15, 0.2) is 0 Å². The number of carbonyl (C=O) groups is 1. The van der Waals surface area contributed by atoms with Crippen molar-refractivity contribution in [1.29, 1.82) is 0 Å². The highest BCUT2D eigenvalue weighted by molar-refractivity contribution is 5.89. The van der Waals surface area contributed by atoms with Crippen LogP contribution in [0.1, 0.15) is 50.7 Å². The van der Waals surface area contributed by atoms with Gasteiger partial charge in [-0.1, -0.05) is 13.0 Å². The number of aryl methyl sites for hydroxylation is 1. The number of anilines is 1. The van der Waals surface area contributed by atoms with E-state index in [1.54, 1.807) is 18.2 Å². The molecule has 1 saturated carbocycles. The minimum atomic E-state index is -0.333. The lowest BCUT2D eigenvalue weighted by Crippen LogP contribution is -2.55. The van der Waals surface area contributed by atoms with Gasteiger partial charge in [-0.25, -0.2) is 9.18 Å². The third-order valence-electron chi connectivity index (χ3n) is 7.92. The number of carbonyl (C=O) groups excluding carboxylic acids is 1. The number of phenols is 1. The molecule has 178 valence electrons. The number of amides is 2. The number of urea groups is 1. The molecule has 6 heteroatoms. The molecular formula is C27H36FN3O2. The molecule has 2 fully saturated rings. The standard InChI is InChI=1S/C27H36FN3O2/c1-18-4-11-24(32)16-25(18)27(13-15-31(17-21-5-6-21)20(3)19(27)2)12-14-29-26(33)30-23-9-7-22(28)8-10-23/h4,7-11,16,19-21,32H,5-6,12-15,17H2,1-3H3,(H2,29,30,33)/t19-,20?,27?/m0/s1. The van der Waals surface area contributed by atoms with Crippen LogP contribution in [0.3, 0.4) is 0 Å². The number of rotatable bonds is 7. The summed E-state index contributed by atoms with van der Waals surface area (Å²) in [6.45, 7) is 9.48. The van der Waals surface area contributed by atoms with Crippen molar-refractivity contribution >= 4 is 11.7 Å². The largest absolute Gasteiger partial charge is 0.508 e. The molecular weight excluding hydrogens is 417 g/mol. The van der Waals surface area contributed by atoms with E-state index in [9.17, 15) is 14.3 Å². The van der Waals surface area contributed by atoms with Gasteiger partial charge in [-0.15, -0.1) is 0 Å². The van der Waals surface area contributed by atoms with Crippen molar-refractivity contribution in [2.75, 3.05) is 25.0 Å². The number of hydrogen-bond acceptors (Lipinski definition) is 3. The Labute approximate surface area is 196 Å². The lowest BCUT2D eigenvalue weighted by Gasteiger charge is -2.52. The van der Waals surface area contributed by atoms with Crippen molar-refractivity contribution in [2.24, 2.45) is 11.8 Å². The fourth-order valence-corrected chi connectivity index (χ4v) is 5.56. The van der Waals surface area contributed by atoms with Crippen LogP contribution >= 0.6 is 0 Å². The molecule has 3 atom stereocenters. The Morgan fingerprint density at radius 1 is 1.18 bits per heavy atom. The average molecular weight is 454 g/mol. The highest BCUT2D eigenvalue weighted by Gasteiger charge is 2.46. The molecule has 3 N–H and O–H groups in total. The molecule has 1 heterocycles. The van der Waals surface area contributed by atoms with E-state index in [-0.39, 0.29) is 23.0 Å². The maximum Gasteiger partial charge on any atom is 0.319 e. The number of hydrogen-bond donors (Lipinski definition) is 3. The number of phenolic OH excluding ortho intramolecular Hbond substituents is 1. The maximum absolute atomic E-state index is 13.1. The third-order valence-corrected chi connectivity index (χ3v) is 7.92. The second-order valence-corrected chi connectivity index (χ2v) is 10.0. The van der Waals surface area contributed by atoms with Crippen LogP contribution in [0.25, 0.3) is 0 Å². The Morgan fingerprint density at radius 3 is 2.61 bits per heavy atom. The lowest BCUT2D eigenvalue weighted by molar-refractivity contribution is 0.0367. The zero-order chi connectivity index (χ0) is 23.6. The van der Waals surface area contributed by atoms with Crippen LogP contribution in [-0.2, 0) is 5.41 Å². The maximum atomic E-state index is 13.1. The van der Waals surface area contributed by atoms with Gasteiger partial charge in [0.1, 0.15) is 11.6 Å². The van der Waals surface area contributed by atoms with Crippen molar-refractivity contribution in [3.05, 3.63) is 59.4 Å². The first-order chi connectivity index (χ1) is 15.8. The molecule has 4 rings (SSSR count). The smallest absolute Gasteiger partial charge is 0.319 e. The molecule has 1 aliphatic heterocycles. The quantitative estimate of drug-likeness (QED) is 0.524. The first-order valence-corrected chi connectivity index (χ1v) is 12.1. The third kappa shape index (κ3) is 5.32. The number of piperidine rings is 1. The van der Waals surface area contributed by atoms with Crippen molar-refractivity contribution in [3.63, 3.8) is 0 Å². The number of aromatic hydroxyl groups is 1. The first-order valence-electron chi connectivity index (χ1n) is 12.1. The average Bonchev–Trinajstić information content (AvgIpc) is 3.61. The molecule has 2 aromatic rings. The fraction of sp³-hybridized carbons (Fsp3) is 0.519. The summed E-state index contributed by atoms with van der Waals surface area (Å²) < 4.78 is 13.1. The van der Waals surface area contributed by atoms with Crippen molar-refractivity contribution < 1.29 is 14.3 Å². The predicted molar refractivity (Wildman–Crippen MR) is 130 cm³/mol. The van der Waals surface area contributed by atoms with Crippen LogP contribution in [0.4, 0.5) is 14.9 Å². The fourth-order valence-electron chi connectivity index (χ4n) is 5.56. The molecule has 33 heavy (non-hydrogen) atoms. The van der Waals surface area contributed by atoms with E-state index < -0.39 is 0 Å². The number of nitrogens with zero attached hydrogens (tertiary/aromatic N) is 1. The summed E-state index contributed by atoms with van der Waals surface area (Å²) in [6.07, 6.45) is 4.48. The normalized spacial score (nSPS) is 25.6. The van der Waals surface area contributed by atoms with Crippen LogP contribution < -0.4 is 10.6 Å². The monoisotopic (exact) mass is 453 g/mol. The van der Waals surface area contributed by atoms with Crippen molar-refractivity contribution in [3.8, 4) is 5.75 Å². The molecule has 1 aliphatic carbocycles. The van der Waals surface area contributed by atoms with Crippen LogP contribution in [0.5, 0.6) is 5.75 Å². The first kappa shape index (κ1) is 23.6.